The average Bonchev–Trinajstić information content (AvgIpc) is 3.30. The van der Waals surface area contributed by atoms with Crippen molar-refractivity contribution in [1.29, 1.82) is 0 Å². The number of thioether (sulfide) groups is 2. The molecule has 1 aromatic carbocycles. The van der Waals surface area contributed by atoms with E-state index < -0.39 is 0 Å². The molecule has 0 bridgehead atoms. The van der Waals surface area contributed by atoms with E-state index in [0.717, 1.165) is 27.2 Å². The minimum absolute atomic E-state index is 0.535. The van der Waals surface area contributed by atoms with Crippen molar-refractivity contribution in [2.75, 3.05) is 6.26 Å². The number of benzene rings is 1. The number of aromatic nitrogens is 4. The summed E-state index contributed by atoms with van der Waals surface area (Å²) in [6.07, 6.45) is 2.05. The Bertz CT molecular complexity index is 1010. The summed E-state index contributed by atoms with van der Waals surface area (Å²) in [5, 5.41) is 11.6. The van der Waals surface area contributed by atoms with Gasteiger partial charge in [-0.2, -0.15) is 0 Å². The van der Waals surface area contributed by atoms with E-state index in [1.54, 1.807) is 34.9 Å². The summed E-state index contributed by atoms with van der Waals surface area (Å²) in [7, 11) is 0. The molecule has 0 aliphatic carbocycles. The molecule has 4 aromatic rings. The molecule has 3 aromatic heterocycles. The Hall–Kier alpha value is -1.54. The molecule has 8 heteroatoms. The van der Waals surface area contributed by atoms with Crippen LogP contribution in [0.15, 0.2) is 51.8 Å². The number of hydrogen-bond donors (Lipinski definition) is 1. The standard InChI is InChI=1S/C17H13ClN4S3/c1-23-12-5-4-10-7-11(15(18)19-13(10)8-12)9-25-17-20-16(21-22-17)14-3-2-6-24-14/h2-8H,9H2,1H3,(H,20,21,22). The smallest absolute Gasteiger partial charge is 0.209 e. The average molecular weight is 405 g/mol. The largest absolute Gasteiger partial charge is 0.257 e. The number of pyridine rings is 1. The summed E-state index contributed by atoms with van der Waals surface area (Å²) >= 11 is 11.2. The maximum atomic E-state index is 6.37. The molecular formula is C17H13ClN4S3. The maximum Gasteiger partial charge on any atom is 0.209 e. The summed E-state index contributed by atoms with van der Waals surface area (Å²) in [5.41, 5.74) is 1.90. The minimum atomic E-state index is 0.535. The van der Waals surface area contributed by atoms with Gasteiger partial charge in [-0.05, 0) is 35.9 Å². The zero-order valence-electron chi connectivity index (χ0n) is 13.2. The molecule has 0 saturated heterocycles. The normalized spacial score (nSPS) is 11.3. The molecule has 0 radical (unpaired) electrons. The van der Waals surface area contributed by atoms with E-state index in [0.29, 0.717) is 16.1 Å². The van der Waals surface area contributed by atoms with Gasteiger partial charge in [-0.25, -0.2) is 9.97 Å². The van der Waals surface area contributed by atoms with Crippen molar-refractivity contribution in [3.05, 3.63) is 52.5 Å². The number of hydrogen-bond acceptors (Lipinski definition) is 6. The molecule has 0 aliphatic heterocycles. The van der Waals surface area contributed by atoms with Crippen molar-refractivity contribution in [2.45, 2.75) is 15.8 Å². The van der Waals surface area contributed by atoms with Gasteiger partial charge in [0.15, 0.2) is 5.82 Å². The van der Waals surface area contributed by atoms with Crippen LogP contribution in [0.1, 0.15) is 5.56 Å². The van der Waals surface area contributed by atoms with E-state index in [2.05, 4.69) is 50.7 Å². The highest BCUT2D eigenvalue weighted by molar-refractivity contribution is 7.98. The van der Waals surface area contributed by atoms with Crippen molar-refractivity contribution >= 4 is 57.4 Å². The number of nitrogens with one attached hydrogen (secondary N) is 1. The molecule has 3 heterocycles. The van der Waals surface area contributed by atoms with Gasteiger partial charge in [0, 0.05) is 21.6 Å². The Morgan fingerprint density at radius 3 is 2.92 bits per heavy atom. The van der Waals surface area contributed by atoms with Crippen LogP contribution in [0, 0.1) is 0 Å². The first-order valence-corrected chi connectivity index (χ1v) is 10.9. The van der Waals surface area contributed by atoms with Gasteiger partial charge < -0.3 is 0 Å². The van der Waals surface area contributed by atoms with E-state index in [1.807, 2.05) is 17.5 Å². The van der Waals surface area contributed by atoms with Gasteiger partial charge in [0.05, 0.1) is 10.4 Å². The molecule has 4 nitrogen and oxygen atoms in total. The second kappa shape index (κ2) is 7.37. The van der Waals surface area contributed by atoms with Crippen molar-refractivity contribution in [3.63, 3.8) is 0 Å². The van der Waals surface area contributed by atoms with Gasteiger partial charge in [0.25, 0.3) is 0 Å². The minimum Gasteiger partial charge on any atom is -0.257 e. The van der Waals surface area contributed by atoms with Crippen molar-refractivity contribution in [3.8, 4) is 10.7 Å². The molecule has 0 fully saturated rings. The third-order valence-corrected chi connectivity index (χ3v) is 6.45. The number of H-pyrrole nitrogens is 1. The van der Waals surface area contributed by atoms with Crippen LogP contribution >= 0.6 is 46.5 Å². The van der Waals surface area contributed by atoms with E-state index in [-0.39, 0.29) is 0 Å². The predicted molar refractivity (Wildman–Crippen MR) is 108 cm³/mol. The first kappa shape index (κ1) is 16.9. The number of aromatic amines is 1. The summed E-state index contributed by atoms with van der Waals surface area (Å²) in [4.78, 5) is 11.3. The first-order chi connectivity index (χ1) is 12.2. The lowest BCUT2D eigenvalue weighted by molar-refractivity contribution is 0.973. The fourth-order valence-corrected chi connectivity index (χ4v) is 4.53. The lowest BCUT2D eigenvalue weighted by Gasteiger charge is -2.06. The zero-order valence-corrected chi connectivity index (χ0v) is 16.4. The fraction of sp³-hybridized carbons (Fsp3) is 0.118. The zero-order chi connectivity index (χ0) is 17.2. The molecule has 0 unspecified atom stereocenters. The van der Waals surface area contributed by atoms with Crippen LogP contribution in [0.4, 0.5) is 0 Å². The summed E-state index contributed by atoms with van der Waals surface area (Å²) in [6.45, 7) is 0. The number of halogens is 1. The van der Waals surface area contributed by atoms with E-state index >= 15 is 0 Å². The summed E-state index contributed by atoms with van der Waals surface area (Å²) < 4.78 is 0. The molecule has 25 heavy (non-hydrogen) atoms. The first-order valence-electron chi connectivity index (χ1n) is 7.45. The van der Waals surface area contributed by atoms with E-state index in [9.17, 15) is 0 Å². The highest BCUT2D eigenvalue weighted by Gasteiger charge is 2.10. The summed E-state index contributed by atoms with van der Waals surface area (Å²) in [6, 6.07) is 12.4. The number of fused-ring (bicyclic) bond motifs is 1. The Kier molecular flexibility index (Phi) is 4.98. The van der Waals surface area contributed by atoms with Crippen LogP contribution in [0.3, 0.4) is 0 Å². The number of nitrogens with zero attached hydrogens (tertiary/aromatic N) is 3. The second-order valence-electron chi connectivity index (χ2n) is 5.23. The molecule has 0 spiro atoms. The van der Waals surface area contributed by atoms with Gasteiger partial charge in [-0.15, -0.1) is 28.2 Å². The Morgan fingerprint density at radius 1 is 1.20 bits per heavy atom. The van der Waals surface area contributed by atoms with Crippen LogP contribution in [0.25, 0.3) is 21.6 Å². The van der Waals surface area contributed by atoms with Crippen molar-refractivity contribution in [2.24, 2.45) is 0 Å². The molecule has 126 valence electrons. The monoisotopic (exact) mass is 404 g/mol. The molecule has 0 aliphatic rings. The molecule has 0 atom stereocenters. The van der Waals surface area contributed by atoms with Gasteiger partial charge in [-0.3, -0.25) is 5.10 Å². The Labute approximate surface area is 162 Å². The Balaban J connectivity index is 1.53. The summed E-state index contributed by atoms with van der Waals surface area (Å²) in [5.74, 6) is 1.47. The molecule has 4 rings (SSSR count). The van der Waals surface area contributed by atoms with Gasteiger partial charge in [-0.1, -0.05) is 35.5 Å². The van der Waals surface area contributed by atoms with Crippen LogP contribution in [0.5, 0.6) is 0 Å². The van der Waals surface area contributed by atoms with E-state index in [1.165, 1.54) is 4.90 Å². The van der Waals surface area contributed by atoms with Crippen LogP contribution in [0.2, 0.25) is 5.15 Å². The Morgan fingerprint density at radius 2 is 2.12 bits per heavy atom. The van der Waals surface area contributed by atoms with Gasteiger partial charge in [0.1, 0.15) is 5.15 Å². The highest BCUT2D eigenvalue weighted by Crippen LogP contribution is 2.29. The van der Waals surface area contributed by atoms with Crippen LogP contribution in [-0.4, -0.2) is 26.4 Å². The molecule has 0 saturated carbocycles. The van der Waals surface area contributed by atoms with Crippen LogP contribution in [-0.2, 0) is 5.75 Å². The maximum absolute atomic E-state index is 6.37. The quantitative estimate of drug-likeness (QED) is 0.339. The van der Waals surface area contributed by atoms with Crippen molar-refractivity contribution < 1.29 is 0 Å². The van der Waals surface area contributed by atoms with Gasteiger partial charge in [0.2, 0.25) is 5.16 Å². The lowest BCUT2D eigenvalue weighted by Crippen LogP contribution is -1.90. The topological polar surface area (TPSA) is 54.5 Å². The predicted octanol–water partition coefficient (Wildman–Crippen LogP) is 5.75. The molecular weight excluding hydrogens is 392 g/mol. The van der Waals surface area contributed by atoms with Gasteiger partial charge >= 0.3 is 0 Å². The number of rotatable bonds is 5. The van der Waals surface area contributed by atoms with Crippen molar-refractivity contribution in [1.82, 2.24) is 20.2 Å². The molecule has 0 amide bonds. The fourth-order valence-electron chi connectivity index (χ4n) is 2.37. The van der Waals surface area contributed by atoms with E-state index in [4.69, 9.17) is 11.6 Å². The van der Waals surface area contributed by atoms with Crippen LogP contribution < -0.4 is 0 Å². The molecule has 1 N–H and O–H groups in total. The highest BCUT2D eigenvalue weighted by atomic mass is 35.5. The lowest BCUT2D eigenvalue weighted by atomic mass is 10.2. The third-order valence-electron chi connectivity index (χ3n) is 3.63. The third kappa shape index (κ3) is 3.69. The SMILES string of the molecule is CSc1ccc2cc(CSc3n[nH]c(-c4cccs4)n3)c(Cl)nc2c1. The number of thiophene rings is 1. The second-order valence-corrected chi connectivity index (χ2v) is 8.36.